The largest absolute Gasteiger partial charge is 0.334 e. The molecule has 0 unspecified atom stereocenters. The minimum atomic E-state index is -0.135. The lowest BCUT2D eigenvalue weighted by atomic mass is 10.1. The van der Waals surface area contributed by atoms with E-state index in [0.717, 1.165) is 34.9 Å². The molecular formula is C23H26N2O2. The van der Waals surface area contributed by atoms with Gasteiger partial charge in [0.2, 0.25) is 0 Å². The van der Waals surface area contributed by atoms with Gasteiger partial charge in [0.1, 0.15) is 0 Å². The molecule has 0 aliphatic rings. The van der Waals surface area contributed by atoms with E-state index in [0.29, 0.717) is 24.2 Å². The molecule has 1 N–H and O–H groups in total. The summed E-state index contributed by atoms with van der Waals surface area (Å²) in [6.07, 6.45) is 1.90. The van der Waals surface area contributed by atoms with E-state index in [1.54, 1.807) is 4.90 Å². The third-order valence-corrected chi connectivity index (χ3v) is 4.81. The fourth-order valence-corrected chi connectivity index (χ4v) is 3.17. The number of amides is 1. The number of rotatable bonds is 6. The molecule has 0 aliphatic heterocycles. The Hall–Kier alpha value is -2.88. The average Bonchev–Trinajstić information content (AvgIpc) is 2.66. The summed E-state index contributed by atoms with van der Waals surface area (Å²) in [5.74, 6) is -0.0350. The minimum Gasteiger partial charge on any atom is -0.334 e. The molecule has 27 heavy (non-hydrogen) atoms. The monoisotopic (exact) mass is 362 g/mol. The predicted octanol–water partition coefficient (Wildman–Crippen LogP) is 4.59. The van der Waals surface area contributed by atoms with Gasteiger partial charge in [0.25, 0.3) is 11.5 Å². The van der Waals surface area contributed by atoms with E-state index in [-0.39, 0.29) is 11.5 Å². The normalized spacial score (nSPS) is 10.9. The van der Waals surface area contributed by atoms with Crippen LogP contribution in [0.15, 0.2) is 53.3 Å². The van der Waals surface area contributed by atoms with Crippen LogP contribution in [0.3, 0.4) is 0 Å². The Morgan fingerprint density at radius 2 is 1.70 bits per heavy atom. The third kappa shape index (κ3) is 4.45. The maximum atomic E-state index is 13.0. The molecule has 0 aliphatic carbocycles. The van der Waals surface area contributed by atoms with Crippen molar-refractivity contribution in [1.82, 2.24) is 9.88 Å². The Morgan fingerprint density at radius 1 is 1.00 bits per heavy atom. The number of benzene rings is 2. The number of nitrogens with one attached hydrogen (secondary N) is 1. The van der Waals surface area contributed by atoms with Gasteiger partial charge in [-0.25, -0.2) is 0 Å². The van der Waals surface area contributed by atoms with E-state index < -0.39 is 0 Å². The second kappa shape index (κ2) is 8.21. The number of fused-ring (bicyclic) bond motifs is 1. The summed E-state index contributed by atoms with van der Waals surface area (Å²) in [6.45, 7) is 7.07. The van der Waals surface area contributed by atoms with Crippen molar-refractivity contribution in [3.8, 4) is 0 Å². The lowest BCUT2D eigenvalue weighted by Crippen LogP contribution is -2.33. The number of unbranched alkanes of at least 4 members (excludes halogenated alkanes) is 1. The molecule has 0 fully saturated rings. The standard InChI is InChI=1S/C23H26N2O2/c1-4-5-12-25(23(27)18-9-6-16(2)7-10-18)15-20-14-19-13-17(3)8-11-21(19)24-22(20)26/h6-11,13-14H,4-5,12,15H2,1-3H3,(H,24,26). The van der Waals surface area contributed by atoms with Crippen LogP contribution in [0.5, 0.6) is 0 Å². The molecule has 1 aromatic heterocycles. The number of hydrogen-bond donors (Lipinski definition) is 1. The molecular weight excluding hydrogens is 336 g/mol. The highest BCUT2D eigenvalue weighted by Gasteiger charge is 2.17. The van der Waals surface area contributed by atoms with Crippen LogP contribution < -0.4 is 5.56 Å². The van der Waals surface area contributed by atoms with Crippen molar-refractivity contribution >= 4 is 16.8 Å². The van der Waals surface area contributed by atoms with Gasteiger partial charge in [0, 0.05) is 23.2 Å². The molecule has 3 aromatic rings. The summed E-state index contributed by atoms with van der Waals surface area (Å²) < 4.78 is 0. The zero-order valence-corrected chi connectivity index (χ0v) is 16.2. The molecule has 4 heteroatoms. The molecule has 1 heterocycles. The van der Waals surface area contributed by atoms with E-state index in [1.807, 2.05) is 62.4 Å². The maximum Gasteiger partial charge on any atom is 0.254 e. The van der Waals surface area contributed by atoms with Crippen molar-refractivity contribution in [2.75, 3.05) is 6.54 Å². The van der Waals surface area contributed by atoms with Crippen molar-refractivity contribution in [2.24, 2.45) is 0 Å². The number of aryl methyl sites for hydroxylation is 2. The van der Waals surface area contributed by atoms with Crippen molar-refractivity contribution in [3.05, 3.63) is 81.1 Å². The van der Waals surface area contributed by atoms with Crippen LogP contribution >= 0.6 is 0 Å². The second-order valence-electron chi connectivity index (χ2n) is 7.16. The number of nitrogens with zero attached hydrogens (tertiary/aromatic N) is 1. The Bertz CT molecular complexity index is 1000. The van der Waals surface area contributed by atoms with Crippen molar-refractivity contribution in [2.45, 2.75) is 40.2 Å². The number of aromatic nitrogens is 1. The molecule has 0 atom stereocenters. The maximum absolute atomic E-state index is 13.0. The Labute approximate surface area is 159 Å². The van der Waals surface area contributed by atoms with Crippen LogP contribution in [-0.4, -0.2) is 22.3 Å². The van der Waals surface area contributed by atoms with E-state index in [2.05, 4.69) is 11.9 Å². The summed E-state index contributed by atoms with van der Waals surface area (Å²) in [7, 11) is 0. The highest BCUT2D eigenvalue weighted by atomic mass is 16.2. The molecule has 140 valence electrons. The number of carbonyl (C=O) groups excluding carboxylic acids is 1. The van der Waals surface area contributed by atoms with E-state index in [4.69, 9.17) is 0 Å². The van der Waals surface area contributed by atoms with Gasteiger partial charge in [-0.15, -0.1) is 0 Å². The van der Waals surface area contributed by atoms with Crippen molar-refractivity contribution < 1.29 is 4.79 Å². The van der Waals surface area contributed by atoms with Crippen LogP contribution in [0, 0.1) is 13.8 Å². The molecule has 0 bridgehead atoms. The van der Waals surface area contributed by atoms with Crippen LogP contribution in [0.4, 0.5) is 0 Å². The van der Waals surface area contributed by atoms with Gasteiger partial charge in [-0.1, -0.05) is 42.7 Å². The number of pyridine rings is 1. The SMILES string of the molecule is CCCCN(Cc1cc2cc(C)ccc2[nH]c1=O)C(=O)c1ccc(C)cc1. The molecule has 0 radical (unpaired) electrons. The number of aromatic amines is 1. The fourth-order valence-electron chi connectivity index (χ4n) is 3.17. The number of H-pyrrole nitrogens is 1. The van der Waals surface area contributed by atoms with Crippen LogP contribution in [-0.2, 0) is 6.54 Å². The average molecular weight is 362 g/mol. The first-order chi connectivity index (χ1) is 13.0. The van der Waals surface area contributed by atoms with Gasteiger partial charge in [-0.05, 0) is 56.0 Å². The zero-order valence-electron chi connectivity index (χ0n) is 16.2. The van der Waals surface area contributed by atoms with Crippen LogP contribution in [0.25, 0.3) is 10.9 Å². The summed E-state index contributed by atoms with van der Waals surface area (Å²) in [6, 6.07) is 15.4. The first kappa shape index (κ1) is 18.9. The Balaban J connectivity index is 1.93. The summed E-state index contributed by atoms with van der Waals surface area (Å²) in [4.78, 5) is 30.3. The molecule has 2 aromatic carbocycles. The van der Waals surface area contributed by atoms with Gasteiger partial charge < -0.3 is 9.88 Å². The Morgan fingerprint density at radius 3 is 2.41 bits per heavy atom. The van der Waals surface area contributed by atoms with Gasteiger partial charge >= 0.3 is 0 Å². The van der Waals surface area contributed by atoms with Crippen LogP contribution in [0.1, 0.15) is 46.8 Å². The van der Waals surface area contributed by atoms with E-state index in [1.165, 1.54) is 0 Å². The number of hydrogen-bond acceptors (Lipinski definition) is 2. The lowest BCUT2D eigenvalue weighted by molar-refractivity contribution is 0.0740. The van der Waals surface area contributed by atoms with Gasteiger partial charge in [-0.3, -0.25) is 9.59 Å². The molecule has 3 rings (SSSR count). The third-order valence-electron chi connectivity index (χ3n) is 4.81. The van der Waals surface area contributed by atoms with E-state index >= 15 is 0 Å². The minimum absolute atomic E-state index is 0.0350. The highest BCUT2D eigenvalue weighted by molar-refractivity contribution is 5.94. The lowest BCUT2D eigenvalue weighted by Gasteiger charge is -2.23. The first-order valence-electron chi connectivity index (χ1n) is 9.46. The van der Waals surface area contributed by atoms with Crippen molar-refractivity contribution in [3.63, 3.8) is 0 Å². The quantitative estimate of drug-likeness (QED) is 0.697. The molecule has 1 amide bonds. The molecule has 0 saturated carbocycles. The summed E-state index contributed by atoms with van der Waals surface area (Å²) >= 11 is 0. The summed E-state index contributed by atoms with van der Waals surface area (Å²) in [5, 5.41) is 0.989. The van der Waals surface area contributed by atoms with Crippen molar-refractivity contribution in [1.29, 1.82) is 0 Å². The second-order valence-corrected chi connectivity index (χ2v) is 7.16. The van der Waals surface area contributed by atoms with Gasteiger partial charge in [0.15, 0.2) is 0 Å². The molecule has 0 saturated heterocycles. The molecule has 0 spiro atoms. The van der Waals surface area contributed by atoms with Gasteiger partial charge in [0.05, 0.1) is 6.54 Å². The first-order valence-corrected chi connectivity index (χ1v) is 9.46. The van der Waals surface area contributed by atoms with E-state index in [9.17, 15) is 9.59 Å². The smallest absolute Gasteiger partial charge is 0.254 e. The van der Waals surface area contributed by atoms with Crippen LogP contribution in [0.2, 0.25) is 0 Å². The highest BCUT2D eigenvalue weighted by Crippen LogP contribution is 2.16. The summed E-state index contributed by atoms with van der Waals surface area (Å²) in [5.41, 5.74) is 4.21. The fraction of sp³-hybridized carbons (Fsp3) is 0.304. The molecule has 4 nitrogen and oxygen atoms in total. The zero-order chi connectivity index (χ0) is 19.4. The number of carbonyl (C=O) groups is 1. The predicted molar refractivity (Wildman–Crippen MR) is 110 cm³/mol. The van der Waals surface area contributed by atoms with Gasteiger partial charge in [-0.2, -0.15) is 0 Å². The Kier molecular flexibility index (Phi) is 5.75. The topological polar surface area (TPSA) is 53.2 Å².